The van der Waals surface area contributed by atoms with Crippen LogP contribution in [0.25, 0.3) is 0 Å². The Morgan fingerprint density at radius 1 is 1.13 bits per heavy atom. The molecule has 2 aromatic rings. The molecular formula is C19H22F3IN4O3. The first-order chi connectivity index (χ1) is 13.9. The van der Waals surface area contributed by atoms with Gasteiger partial charge < -0.3 is 24.8 Å². The molecule has 2 N–H and O–H groups in total. The molecule has 11 heteroatoms. The third kappa shape index (κ3) is 7.43. The summed E-state index contributed by atoms with van der Waals surface area (Å²) in [4.78, 5) is 8.34. The summed E-state index contributed by atoms with van der Waals surface area (Å²) < 4.78 is 51.8. The molecule has 0 spiro atoms. The Hall–Kier alpha value is -2.44. The Morgan fingerprint density at radius 3 is 2.60 bits per heavy atom. The minimum Gasteiger partial charge on any atom is -0.468 e. The largest absolute Gasteiger partial charge is 0.468 e. The molecule has 1 aromatic carbocycles. The maximum atomic E-state index is 12.2. The molecule has 0 unspecified atom stereocenters. The van der Waals surface area contributed by atoms with Crippen molar-refractivity contribution >= 4 is 29.9 Å². The zero-order chi connectivity index (χ0) is 20.7. The normalized spacial score (nSPS) is 12.9. The van der Waals surface area contributed by atoms with Gasteiger partial charge in [-0.05, 0) is 30.2 Å². The monoisotopic (exact) mass is 538 g/mol. The number of fused-ring (bicyclic) bond motifs is 1. The zero-order valence-electron chi connectivity index (χ0n) is 16.2. The van der Waals surface area contributed by atoms with Crippen LogP contribution in [0.2, 0.25) is 0 Å². The molecule has 0 aliphatic carbocycles. The van der Waals surface area contributed by atoms with Gasteiger partial charge in [-0.15, -0.1) is 24.0 Å². The Morgan fingerprint density at radius 2 is 1.90 bits per heavy atom. The van der Waals surface area contributed by atoms with Crippen molar-refractivity contribution in [3.05, 3.63) is 47.7 Å². The number of benzene rings is 1. The van der Waals surface area contributed by atoms with E-state index in [9.17, 15) is 13.2 Å². The van der Waals surface area contributed by atoms with Crippen LogP contribution in [0.1, 0.15) is 18.1 Å². The number of hydrogen-bond donors (Lipinski definition) is 2. The van der Waals surface area contributed by atoms with E-state index in [1.165, 1.54) is 12.3 Å². The topological polar surface area (TPSA) is 77.0 Å². The van der Waals surface area contributed by atoms with Crippen molar-refractivity contribution in [2.24, 2.45) is 4.99 Å². The van der Waals surface area contributed by atoms with Crippen LogP contribution in [0.15, 0.2) is 41.5 Å². The Kier molecular flexibility index (Phi) is 8.81. The highest BCUT2D eigenvalue weighted by molar-refractivity contribution is 14.0. The van der Waals surface area contributed by atoms with Gasteiger partial charge in [-0.3, -0.25) is 0 Å². The summed E-state index contributed by atoms with van der Waals surface area (Å²) >= 11 is 0. The lowest BCUT2D eigenvalue weighted by Crippen LogP contribution is -2.36. The van der Waals surface area contributed by atoms with Gasteiger partial charge in [0, 0.05) is 25.4 Å². The molecule has 0 radical (unpaired) electrons. The van der Waals surface area contributed by atoms with Gasteiger partial charge in [0.2, 0.25) is 12.7 Å². The molecule has 1 aromatic heterocycles. The second-order valence-corrected chi connectivity index (χ2v) is 6.14. The van der Waals surface area contributed by atoms with Crippen LogP contribution in [0.3, 0.4) is 0 Å². The number of alkyl halides is 3. The van der Waals surface area contributed by atoms with Crippen LogP contribution >= 0.6 is 24.0 Å². The first-order valence-electron chi connectivity index (χ1n) is 8.98. The van der Waals surface area contributed by atoms with Crippen LogP contribution < -0.4 is 24.8 Å². The van der Waals surface area contributed by atoms with E-state index in [1.54, 1.807) is 6.07 Å². The summed E-state index contributed by atoms with van der Waals surface area (Å²) in [7, 11) is 0. The average Bonchev–Trinajstić information content (AvgIpc) is 3.16. The predicted molar refractivity (Wildman–Crippen MR) is 115 cm³/mol. The van der Waals surface area contributed by atoms with E-state index in [-0.39, 0.29) is 36.6 Å². The minimum atomic E-state index is -4.39. The van der Waals surface area contributed by atoms with Gasteiger partial charge in [0.15, 0.2) is 24.1 Å². The summed E-state index contributed by atoms with van der Waals surface area (Å²) in [6.45, 7) is 2.33. The number of guanidine groups is 1. The Balaban J connectivity index is 0.00000320. The minimum absolute atomic E-state index is 0. The van der Waals surface area contributed by atoms with Crippen LogP contribution in [0.4, 0.5) is 13.2 Å². The number of hydrogen-bond acceptors (Lipinski definition) is 5. The number of halogens is 4. The molecule has 0 atom stereocenters. The number of aromatic nitrogens is 1. The molecule has 7 nitrogen and oxygen atoms in total. The van der Waals surface area contributed by atoms with Crippen molar-refractivity contribution in [2.75, 3.05) is 19.9 Å². The molecule has 0 fully saturated rings. The Bertz CT molecular complexity index is 848. The van der Waals surface area contributed by atoms with Crippen LogP contribution in [-0.2, 0) is 13.1 Å². The van der Waals surface area contributed by atoms with Gasteiger partial charge in [0.25, 0.3) is 0 Å². The van der Waals surface area contributed by atoms with Crippen LogP contribution in [-0.4, -0.2) is 37.1 Å². The fourth-order valence-corrected chi connectivity index (χ4v) is 2.49. The van der Waals surface area contributed by atoms with Crippen molar-refractivity contribution in [1.29, 1.82) is 0 Å². The number of nitrogens with one attached hydrogen (secondary N) is 2. The van der Waals surface area contributed by atoms with E-state index in [4.69, 9.17) is 9.47 Å². The lowest BCUT2D eigenvalue weighted by molar-refractivity contribution is -0.154. The molecule has 0 bridgehead atoms. The predicted octanol–water partition coefficient (Wildman–Crippen LogP) is 3.62. The standard InChI is InChI=1S/C19H21F3N4O3.HI/c1-2-23-18(25-8-13-3-5-15-16(7-13)29-12-28-15)26-10-14-4-6-17(24-9-14)27-11-19(20,21)22;/h3-7,9H,2,8,10-12H2,1H3,(H2,23,25,26);1H. The molecule has 0 saturated carbocycles. The van der Waals surface area contributed by atoms with Gasteiger partial charge in [0.05, 0.1) is 6.54 Å². The maximum absolute atomic E-state index is 12.2. The van der Waals surface area contributed by atoms with Gasteiger partial charge in [0.1, 0.15) is 0 Å². The summed E-state index contributed by atoms with van der Waals surface area (Å²) in [5, 5.41) is 6.36. The second-order valence-electron chi connectivity index (χ2n) is 6.14. The molecule has 1 aliphatic rings. The van der Waals surface area contributed by atoms with E-state index in [2.05, 4.69) is 25.3 Å². The molecule has 0 amide bonds. The van der Waals surface area contributed by atoms with Gasteiger partial charge in [-0.25, -0.2) is 9.98 Å². The quantitative estimate of drug-likeness (QED) is 0.319. The molecule has 1 aliphatic heterocycles. The first-order valence-corrected chi connectivity index (χ1v) is 8.98. The van der Waals surface area contributed by atoms with Crippen molar-refractivity contribution in [3.63, 3.8) is 0 Å². The van der Waals surface area contributed by atoms with Crippen LogP contribution in [0.5, 0.6) is 17.4 Å². The number of rotatable bonds is 7. The molecule has 30 heavy (non-hydrogen) atoms. The molecule has 3 rings (SSSR count). The van der Waals surface area contributed by atoms with Crippen molar-refractivity contribution < 1.29 is 27.4 Å². The van der Waals surface area contributed by atoms with E-state index in [1.807, 2.05) is 25.1 Å². The summed E-state index contributed by atoms with van der Waals surface area (Å²) in [5.74, 6) is 1.96. The molecular weight excluding hydrogens is 516 g/mol. The maximum Gasteiger partial charge on any atom is 0.422 e. The number of aliphatic imine (C=N–C) groups is 1. The Labute approximate surface area is 189 Å². The van der Waals surface area contributed by atoms with Crippen LogP contribution in [0, 0.1) is 0 Å². The van der Waals surface area contributed by atoms with E-state index in [0.29, 0.717) is 31.3 Å². The molecule has 0 saturated heterocycles. The van der Waals surface area contributed by atoms with Crippen molar-refractivity contribution in [3.8, 4) is 17.4 Å². The highest BCUT2D eigenvalue weighted by Gasteiger charge is 2.28. The number of nitrogens with zero attached hydrogens (tertiary/aromatic N) is 2. The third-order valence-electron chi connectivity index (χ3n) is 3.84. The van der Waals surface area contributed by atoms with Gasteiger partial charge in [-0.2, -0.15) is 13.2 Å². The SMILES string of the molecule is CCNC(=NCc1ccc(OCC(F)(F)F)nc1)NCc1ccc2c(c1)OCO2.I. The van der Waals surface area contributed by atoms with Crippen molar-refractivity contribution in [2.45, 2.75) is 26.2 Å². The van der Waals surface area contributed by atoms with E-state index < -0.39 is 12.8 Å². The third-order valence-corrected chi connectivity index (χ3v) is 3.84. The molecule has 2 heterocycles. The van der Waals surface area contributed by atoms with E-state index in [0.717, 1.165) is 16.9 Å². The lowest BCUT2D eigenvalue weighted by atomic mass is 10.2. The summed E-state index contributed by atoms with van der Waals surface area (Å²) in [6, 6.07) is 8.72. The van der Waals surface area contributed by atoms with E-state index >= 15 is 0 Å². The fraction of sp³-hybridized carbons (Fsp3) is 0.368. The number of ether oxygens (including phenoxy) is 3. The van der Waals surface area contributed by atoms with Crippen molar-refractivity contribution in [1.82, 2.24) is 15.6 Å². The number of pyridine rings is 1. The van der Waals surface area contributed by atoms with Gasteiger partial charge >= 0.3 is 6.18 Å². The highest BCUT2D eigenvalue weighted by Crippen LogP contribution is 2.32. The first kappa shape index (κ1) is 23.8. The van der Waals surface area contributed by atoms with Gasteiger partial charge in [-0.1, -0.05) is 12.1 Å². The summed E-state index contributed by atoms with van der Waals surface area (Å²) in [5.41, 5.74) is 1.75. The smallest absolute Gasteiger partial charge is 0.422 e. The molecule has 164 valence electrons. The zero-order valence-corrected chi connectivity index (χ0v) is 18.5. The summed E-state index contributed by atoms with van der Waals surface area (Å²) in [6.07, 6.45) is -2.95. The lowest BCUT2D eigenvalue weighted by Gasteiger charge is -2.12. The second kappa shape index (κ2) is 11.1. The fourth-order valence-electron chi connectivity index (χ4n) is 2.49. The highest BCUT2D eigenvalue weighted by atomic mass is 127. The average molecular weight is 538 g/mol.